The Hall–Kier alpha value is -1.62. The largest absolute Gasteiger partial charge is 0.749 e. The fourth-order valence-corrected chi connectivity index (χ4v) is 0.587. The van der Waals surface area contributed by atoms with Gasteiger partial charge in [0.2, 0.25) is 0 Å². The highest BCUT2D eigenvalue weighted by atomic mass is 16.5. The standard InChI is InChI=1S/C6H6N3O2/c7-6(10)9(11)5-3-1-2-4-8-5/h1-4H,(H2,7,10)/q-1. The van der Waals surface area contributed by atoms with E-state index in [1.807, 2.05) is 0 Å². The number of pyridine rings is 1. The second kappa shape index (κ2) is 2.98. The first-order valence-corrected chi connectivity index (χ1v) is 2.89. The van der Waals surface area contributed by atoms with E-state index in [0.29, 0.717) is 0 Å². The third kappa shape index (κ3) is 1.65. The molecule has 0 saturated heterocycles. The number of carbonyl (C=O) groups excluding carboxylic acids is 1. The Morgan fingerprint density at radius 2 is 2.36 bits per heavy atom. The van der Waals surface area contributed by atoms with Crippen molar-refractivity contribution in [3.8, 4) is 0 Å². The minimum atomic E-state index is -1.07. The van der Waals surface area contributed by atoms with Gasteiger partial charge in [-0.15, -0.1) is 0 Å². The van der Waals surface area contributed by atoms with Crippen molar-refractivity contribution in [1.82, 2.24) is 4.98 Å². The SMILES string of the molecule is NC(=O)N([O-])c1ccccn1. The van der Waals surface area contributed by atoms with Gasteiger partial charge in [0.25, 0.3) is 0 Å². The molecule has 0 aliphatic carbocycles. The van der Waals surface area contributed by atoms with E-state index >= 15 is 0 Å². The van der Waals surface area contributed by atoms with E-state index in [1.54, 1.807) is 12.1 Å². The van der Waals surface area contributed by atoms with Crippen LogP contribution in [0.5, 0.6) is 0 Å². The number of aromatic nitrogens is 1. The Morgan fingerprint density at radius 1 is 1.64 bits per heavy atom. The monoisotopic (exact) mass is 152 g/mol. The lowest BCUT2D eigenvalue weighted by Crippen LogP contribution is -2.30. The molecule has 1 aromatic heterocycles. The average molecular weight is 152 g/mol. The number of nitrogens with zero attached hydrogens (tertiary/aromatic N) is 2. The molecule has 0 fully saturated rings. The van der Waals surface area contributed by atoms with Crippen LogP contribution >= 0.6 is 0 Å². The quantitative estimate of drug-likeness (QED) is 0.593. The molecule has 0 radical (unpaired) electrons. The molecule has 1 aromatic rings. The lowest BCUT2D eigenvalue weighted by molar-refractivity contribution is 0.255. The van der Waals surface area contributed by atoms with E-state index in [0.717, 1.165) is 0 Å². The van der Waals surface area contributed by atoms with Crippen LogP contribution in [0.15, 0.2) is 24.4 Å². The zero-order valence-corrected chi connectivity index (χ0v) is 5.60. The van der Waals surface area contributed by atoms with Crippen molar-refractivity contribution in [2.75, 3.05) is 5.06 Å². The van der Waals surface area contributed by atoms with Crippen LogP contribution in [0, 0.1) is 5.21 Å². The van der Waals surface area contributed by atoms with Gasteiger partial charge in [-0.1, -0.05) is 6.07 Å². The second-order valence-corrected chi connectivity index (χ2v) is 1.82. The maximum absolute atomic E-state index is 10.7. The van der Waals surface area contributed by atoms with Crippen molar-refractivity contribution in [1.29, 1.82) is 0 Å². The van der Waals surface area contributed by atoms with E-state index in [4.69, 9.17) is 5.73 Å². The summed E-state index contributed by atoms with van der Waals surface area (Å²) in [4.78, 5) is 13.9. The fraction of sp³-hybridized carbons (Fsp3) is 0. The predicted octanol–water partition coefficient (Wildman–Crippen LogP) is 0.465. The first-order chi connectivity index (χ1) is 5.22. The molecular weight excluding hydrogens is 146 g/mol. The van der Waals surface area contributed by atoms with Crippen molar-refractivity contribution < 1.29 is 4.79 Å². The highest BCUT2D eigenvalue weighted by Crippen LogP contribution is 2.05. The van der Waals surface area contributed by atoms with Gasteiger partial charge in [-0.2, -0.15) is 0 Å². The molecule has 0 bridgehead atoms. The molecule has 58 valence electrons. The fourth-order valence-electron chi connectivity index (χ4n) is 0.587. The summed E-state index contributed by atoms with van der Waals surface area (Å²) in [5, 5.41) is 10.8. The summed E-state index contributed by atoms with van der Waals surface area (Å²) in [6.07, 6.45) is 1.41. The van der Waals surface area contributed by atoms with Gasteiger partial charge in [0.1, 0.15) is 5.82 Å². The van der Waals surface area contributed by atoms with E-state index in [-0.39, 0.29) is 10.9 Å². The zero-order valence-electron chi connectivity index (χ0n) is 5.60. The molecule has 0 saturated carbocycles. The molecule has 5 heteroatoms. The topological polar surface area (TPSA) is 82.3 Å². The molecule has 2 N–H and O–H groups in total. The average Bonchev–Trinajstić information content (AvgIpc) is 2.05. The number of amides is 2. The Labute approximate surface area is 63.0 Å². The Balaban J connectivity index is 2.85. The van der Waals surface area contributed by atoms with Crippen molar-refractivity contribution in [2.24, 2.45) is 5.73 Å². The maximum Gasteiger partial charge on any atom is 0.309 e. The van der Waals surface area contributed by atoms with Gasteiger partial charge in [-0.25, -0.2) is 9.78 Å². The Kier molecular flexibility index (Phi) is 2.03. The maximum atomic E-state index is 10.7. The third-order valence-electron chi connectivity index (χ3n) is 1.06. The van der Waals surface area contributed by atoms with Crippen LogP contribution in [0.1, 0.15) is 0 Å². The van der Waals surface area contributed by atoms with Crippen LogP contribution in [0.2, 0.25) is 0 Å². The van der Waals surface area contributed by atoms with Crippen LogP contribution in [0.4, 0.5) is 10.6 Å². The molecule has 0 aliphatic rings. The van der Waals surface area contributed by atoms with Crippen molar-refractivity contribution >= 4 is 11.8 Å². The molecule has 1 rings (SSSR count). The minimum Gasteiger partial charge on any atom is -0.749 e. The molecule has 5 nitrogen and oxygen atoms in total. The van der Waals surface area contributed by atoms with Crippen molar-refractivity contribution in [3.05, 3.63) is 29.6 Å². The highest BCUT2D eigenvalue weighted by molar-refractivity contribution is 5.90. The summed E-state index contributed by atoms with van der Waals surface area (Å²) in [5.74, 6) is 0.000000000000000444. The first kappa shape index (κ1) is 7.49. The number of rotatable bonds is 1. The summed E-state index contributed by atoms with van der Waals surface area (Å²) in [5.41, 5.74) is 4.70. The Bertz CT molecular complexity index is 249. The van der Waals surface area contributed by atoms with Gasteiger partial charge in [0.05, 0.1) is 0 Å². The number of hydrogen-bond donors (Lipinski definition) is 1. The minimum absolute atomic E-state index is 0.000000000000000444. The third-order valence-corrected chi connectivity index (χ3v) is 1.06. The summed E-state index contributed by atoms with van der Waals surface area (Å²) in [7, 11) is 0. The van der Waals surface area contributed by atoms with Gasteiger partial charge in [0, 0.05) is 6.20 Å². The summed E-state index contributed by atoms with van der Waals surface area (Å²) >= 11 is 0. The van der Waals surface area contributed by atoms with Gasteiger partial charge in [-0.05, 0) is 12.1 Å². The van der Waals surface area contributed by atoms with Gasteiger partial charge >= 0.3 is 6.03 Å². The lowest BCUT2D eigenvalue weighted by atomic mass is 10.5. The van der Waals surface area contributed by atoms with E-state index < -0.39 is 6.03 Å². The van der Waals surface area contributed by atoms with Crippen molar-refractivity contribution in [2.45, 2.75) is 0 Å². The molecule has 0 atom stereocenters. The van der Waals surface area contributed by atoms with Crippen LogP contribution in [0.3, 0.4) is 0 Å². The number of urea groups is 1. The molecule has 11 heavy (non-hydrogen) atoms. The van der Waals surface area contributed by atoms with Crippen LogP contribution in [-0.4, -0.2) is 11.0 Å². The highest BCUT2D eigenvalue weighted by Gasteiger charge is 1.98. The first-order valence-electron chi connectivity index (χ1n) is 2.89. The smallest absolute Gasteiger partial charge is 0.309 e. The molecule has 1 heterocycles. The normalized spacial score (nSPS) is 9.18. The van der Waals surface area contributed by atoms with Crippen LogP contribution in [0.25, 0.3) is 0 Å². The molecule has 0 spiro atoms. The zero-order chi connectivity index (χ0) is 8.27. The Morgan fingerprint density at radius 3 is 2.82 bits per heavy atom. The van der Waals surface area contributed by atoms with Crippen molar-refractivity contribution in [3.63, 3.8) is 0 Å². The molecule has 0 aromatic carbocycles. The van der Waals surface area contributed by atoms with E-state index in [9.17, 15) is 10.0 Å². The second-order valence-electron chi connectivity index (χ2n) is 1.82. The van der Waals surface area contributed by atoms with Gasteiger partial charge in [-0.3, -0.25) is 0 Å². The number of anilines is 1. The van der Waals surface area contributed by atoms with Gasteiger partial charge in [0.15, 0.2) is 0 Å². The lowest BCUT2D eigenvalue weighted by Gasteiger charge is -2.23. The summed E-state index contributed by atoms with van der Waals surface area (Å²) in [6.45, 7) is 0. The van der Waals surface area contributed by atoms with Gasteiger partial charge < -0.3 is 16.0 Å². The van der Waals surface area contributed by atoms with E-state index in [1.165, 1.54) is 12.3 Å². The molecule has 2 amide bonds. The number of hydrogen-bond acceptors (Lipinski definition) is 3. The van der Waals surface area contributed by atoms with Crippen LogP contribution in [-0.2, 0) is 0 Å². The molecular formula is C6H6N3O2-. The number of carbonyl (C=O) groups is 1. The molecule has 0 unspecified atom stereocenters. The predicted molar refractivity (Wildman–Crippen MR) is 39.7 cm³/mol. The number of primary amides is 1. The van der Waals surface area contributed by atoms with E-state index in [2.05, 4.69) is 4.98 Å². The summed E-state index contributed by atoms with van der Waals surface area (Å²) < 4.78 is 0. The summed E-state index contributed by atoms with van der Waals surface area (Å²) in [6, 6.07) is 3.57. The number of hydroxylamine groups is 1. The van der Waals surface area contributed by atoms with Crippen LogP contribution < -0.4 is 10.8 Å². The molecule has 0 aliphatic heterocycles. The number of nitrogens with two attached hydrogens (primary N) is 1.